The predicted molar refractivity (Wildman–Crippen MR) is 108 cm³/mol. The molecule has 0 aliphatic heterocycles. The molecule has 0 aliphatic carbocycles. The van der Waals surface area contributed by atoms with E-state index in [1.807, 2.05) is 0 Å². The topological polar surface area (TPSA) is 68.0 Å². The lowest BCUT2D eigenvalue weighted by atomic mass is 10.0. The Morgan fingerprint density at radius 1 is 1.10 bits per heavy atom. The summed E-state index contributed by atoms with van der Waals surface area (Å²) in [4.78, 5) is 18.6. The number of fused-ring (bicyclic) bond motifs is 1. The van der Waals surface area contributed by atoms with Gasteiger partial charge in [0.1, 0.15) is 5.65 Å². The van der Waals surface area contributed by atoms with Crippen LogP contribution in [0.4, 0.5) is 14.5 Å². The Balaban J connectivity index is 1.48. The molecule has 4 aromatic rings. The number of aryl methyl sites for hydroxylation is 2. The van der Waals surface area contributed by atoms with Gasteiger partial charge in [-0.25, -0.2) is 19.2 Å². The average molecular weight is 405 g/mol. The second kappa shape index (κ2) is 8.25. The van der Waals surface area contributed by atoms with Gasteiger partial charge in [-0.2, -0.15) is 4.39 Å². The van der Waals surface area contributed by atoms with Crippen molar-refractivity contribution in [3.63, 3.8) is 0 Å². The molecule has 0 bridgehead atoms. The van der Waals surface area contributed by atoms with Crippen LogP contribution in [0.15, 0.2) is 42.9 Å². The van der Waals surface area contributed by atoms with Crippen LogP contribution < -0.4 is 4.74 Å². The van der Waals surface area contributed by atoms with Gasteiger partial charge in [-0.05, 0) is 42.2 Å². The fraction of sp³-hybridized carbons (Fsp3) is 0.182. The highest BCUT2D eigenvalue weighted by molar-refractivity contribution is 5.83. The maximum atomic E-state index is 14.6. The van der Waals surface area contributed by atoms with Crippen molar-refractivity contribution in [1.82, 2.24) is 19.9 Å². The van der Waals surface area contributed by atoms with Gasteiger partial charge in [0.15, 0.2) is 5.82 Å². The fourth-order valence-corrected chi connectivity index (χ4v) is 3.26. The molecule has 0 amide bonds. The third-order valence-electron chi connectivity index (χ3n) is 4.82. The van der Waals surface area contributed by atoms with E-state index >= 15 is 0 Å². The van der Waals surface area contributed by atoms with Crippen molar-refractivity contribution in [1.29, 1.82) is 0 Å². The molecule has 4 aromatic heterocycles. The van der Waals surface area contributed by atoms with Crippen LogP contribution in [0.5, 0.6) is 5.88 Å². The summed E-state index contributed by atoms with van der Waals surface area (Å²) >= 11 is 0. The van der Waals surface area contributed by atoms with Crippen LogP contribution in [0.25, 0.3) is 15.9 Å². The normalized spacial score (nSPS) is 10.9. The molecule has 4 rings (SSSR count). The molecular weight excluding hydrogens is 388 g/mol. The SMILES string of the molecule is [C-]#[N+]c1cnc2[nH]cc(Cc3ccc(CCc4cnc(OC)c(F)c4)nc3F)c2c1. The first-order chi connectivity index (χ1) is 14.6. The minimum absolute atomic E-state index is 0.0525. The van der Waals surface area contributed by atoms with Crippen LogP contribution in [0.3, 0.4) is 0 Å². The average Bonchev–Trinajstić information content (AvgIpc) is 3.16. The zero-order valence-electron chi connectivity index (χ0n) is 16.1. The van der Waals surface area contributed by atoms with Gasteiger partial charge >= 0.3 is 0 Å². The maximum Gasteiger partial charge on any atom is 0.250 e. The first-order valence-corrected chi connectivity index (χ1v) is 9.23. The molecule has 0 saturated carbocycles. The van der Waals surface area contributed by atoms with Crippen molar-refractivity contribution in [2.75, 3.05) is 7.11 Å². The van der Waals surface area contributed by atoms with Crippen molar-refractivity contribution in [3.8, 4) is 5.88 Å². The minimum Gasteiger partial charge on any atom is -0.479 e. The van der Waals surface area contributed by atoms with Gasteiger partial charge in [-0.1, -0.05) is 6.07 Å². The number of rotatable bonds is 6. The molecule has 4 heterocycles. The highest BCUT2D eigenvalue weighted by Crippen LogP contribution is 2.24. The predicted octanol–water partition coefficient (Wildman–Crippen LogP) is 4.57. The zero-order chi connectivity index (χ0) is 21.1. The summed E-state index contributed by atoms with van der Waals surface area (Å²) in [6.45, 7) is 7.13. The summed E-state index contributed by atoms with van der Waals surface area (Å²) in [5.74, 6) is -1.13. The van der Waals surface area contributed by atoms with Gasteiger partial charge in [-0.3, -0.25) is 4.98 Å². The van der Waals surface area contributed by atoms with Crippen LogP contribution in [0, 0.1) is 18.3 Å². The summed E-state index contributed by atoms with van der Waals surface area (Å²) in [5.41, 5.74) is 3.63. The number of H-pyrrole nitrogens is 1. The van der Waals surface area contributed by atoms with E-state index in [-0.39, 0.29) is 5.88 Å². The van der Waals surface area contributed by atoms with Gasteiger partial charge < -0.3 is 9.72 Å². The first-order valence-electron chi connectivity index (χ1n) is 9.23. The second-order valence-electron chi connectivity index (χ2n) is 6.78. The first kappa shape index (κ1) is 19.5. The molecule has 0 spiro atoms. The Labute approximate surface area is 171 Å². The number of hydrogen-bond acceptors (Lipinski definition) is 4. The molecule has 0 saturated heterocycles. The van der Waals surface area contributed by atoms with Crippen molar-refractivity contribution in [3.05, 3.63) is 88.4 Å². The molecule has 0 atom stereocenters. The summed E-state index contributed by atoms with van der Waals surface area (Å²) < 4.78 is 33.2. The number of methoxy groups -OCH3 is 1. The largest absolute Gasteiger partial charge is 0.479 e. The Hall–Kier alpha value is -3.86. The van der Waals surface area contributed by atoms with E-state index in [2.05, 4.69) is 24.8 Å². The number of nitrogens with zero attached hydrogens (tertiary/aromatic N) is 4. The van der Waals surface area contributed by atoms with E-state index in [0.717, 1.165) is 10.9 Å². The van der Waals surface area contributed by atoms with Gasteiger partial charge in [0, 0.05) is 41.7 Å². The molecule has 30 heavy (non-hydrogen) atoms. The van der Waals surface area contributed by atoms with Gasteiger partial charge in [0.05, 0.1) is 13.7 Å². The van der Waals surface area contributed by atoms with Crippen LogP contribution >= 0.6 is 0 Å². The zero-order valence-corrected chi connectivity index (χ0v) is 16.1. The van der Waals surface area contributed by atoms with Crippen LogP contribution in [-0.2, 0) is 19.3 Å². The van der Waals surface area contributed by atoms with E-state index in [1.165, 1.54) is 25.6 Å². The minimum atomic E-state index is -0.546. The summed E-state index contributed by atoms with van der Waals surface area (Å²) in [6, 6.07) is 6.57. The molecule has 0 unspecified atom stereocenters. The van der Waals surface area contributed by atoms with E-state index in [0.29, 0.717) is 47.4 Å². The third-order valence-corrected chi connectivity index (χ3v) is 4.82. The molecule has 8 heteroatoms. The van der Waals surface area contributed by atoms with Crippen molar-refractivity contribution >= 4 is 16.7 Å². The molecule has 6 nitrogen and oxygen atoms in total. The third kappa shape index (κ3) is 3.96. The number of hydrogen-bond donors (Lipinski definition) is 1. The number of aromatic amines is 1. The fourth-order valence-electron chi connectivity index (χ4n) is 3.26. The summed E-state index contributed by atoms with van der Waals surface area (Å²) in [5, 5.41) is 0.793. The number of nitrogens with one attached hydrogen (secondary N) is 1. The van der Waals surface area contributed by atoms with Crippen LogP contribution in [0.2, 0.25) is 0 Å². The Kier molecular flexibility index (Phi) is 5.35. The number of halogens is 2. The number of aromatic nitrogens is 4. The maximum absolute atomic E-state index is 14.6. The molecule has 1 N–H and O–H groups in total. The Bertz CT molecular complexity index is 1260. The number of pyridine rings is 3. The van der Waals surface area contributed by atoms with E-state index in [4.69, 9.17) is 11.3 Å². The smallest absolute Gasteiger partial charge is 0.250 e. The van der Waals surface area contributed by atoms with Crippen molar-refractivity contribution in [2.45, 2.75) is 19.3 Å². The summed E-state index contributed by atoms with van der Waals surface area (Å²) in [6.07, 6.45) is 6.06. The van der Waals surface area contributed by atoms with Crippen LogP contribution in [0.1, 0.15) is 22.4 Å². The van der Waals surface area contributed by atoms with E-state index in [9.17, 15) is 8.78 Å². The Morgan fingerprint density at radius 3 is 2.70 bits per heavy atom. The van der Waals surface area contributed by atoms with Gasteiger partial charge in [0.25, 0.3) is 0 Å². The molecule has 0 aromatic carbocycles. The van der Waals surface area contributed by atoms with Gasteiger partial charge in [-0.15, -0.1) is 0 Å². The quantitative estimate of drug-likeness (QED) is 0.377. The molecular formula is C22H17F2N5O. The standard InChI is InChI=1S/C22H17F2N5O/c1-25-17-9-18-15(11-26-21(18)27-12-17)8-14-4-6-16(29-20(14)24)5-3-13-7-19(23)22(30-2)28-10-13/h4,6-7,9-12H,3,5,8H2,2H3,(H,26,27). The highest BCUT2D eigenvalue weighted by atomic mass is 19.1. The van der Waals surface area contributed by atoms with E-state index < -0.39 is 11.8 Å². The summed E-state index contributed by atoms with van der Waals surface area (Å²) in [7, 11) is 1.36. The highest BCUT2D eigenvalue weighted by Gasteiger charge is 2.12. The second-order valence-corrected chi connectivity index (χ2v) is 6.78. The lowest BCUT2D eigenvalue weighted by molar-refractivity contribution is 0.368. The Morgan fingerprint density at radius 2 is 1.97 bits per heavy atom. The lowest BCUT2D eigenvalue weighted by Crippen LogP contribution is -2.02. The molecule has 150 valence electrons. The van der Waals surface area contributed by atoms with E-state index in [1.54, 1.807) is 24.4 Å². The van der Waals surface area contributed by atoms with Crippen molar-refractivity contribution < 1.29 is 13.5 Å². The molecule has 0 aliphatic rings. The van der Waals surface area contributed by atoms with Crippen molar-refractivity contribution in [2.24, 2.45) is 0 Å². The van der Waals surface area contributed by atoms with Crippen LogP contribution in [-0.4, -0.2) is 27.0 Å². The number of ether oxygens (including phenoxy) is 1. The lowest BCUT2D eigenvalue weighted by Gasteiger charge is -2.07. The molecule has 0 radical (unpaired) electrons. The molecule has 0 fully saturated rings. The monoisotopic (exact) mass is 405 g/mol. The van der Waals surface area contributed by atoms with Gasteiger partial charge in [0.2, 0.25) is 17.5 Å².